The van der Waals surface area contributed by atoms with Gasteiger partial charge in [0.15, 0.2) is 0 Å². The predicted molar refractivity (Wildman–Crippen MR) is 75.2 cm³/mol. The Morgan fingerprint density at radius 1 is 1.12 bits per heavy atom. The molecule has 0 rings (SSSR count). The summed E-state index contributed by atoms with van der Waals surface area (Å²) in [7, 11) is 0. The van der Waals surface area contributed by atoms with E-state index < -0.39 is 0 Å². The number of hydrogen-bond acceptors (Lipinski definition) is 2. The summed E-state index contributed by atoms with van der Waals surface area (Å²) in [6.45, 7) is 9.02. The molecule has 0 spiro atoms. The molecule has 0 saturated carbocycles. The Kier molecular flexibility index (Phi) is 10.8. The van der Waals surface area contributed by atoms with Gasteiger partial charge in [-0.25, -0.2) is 0 Å². The van der Waals surface area contributed by atoms with Crippen LogP contribution in [0.3, 0.4) is 0 Å². The second kappa shape index (κ2) is 10.5. The largest absolute Gasteiger partial charge is 0.395 e. The third kappa shape index (κ3) is 6.87. The summed E-state index contributed by atoms with van der Waals surface area (Å²) in [5.41, 5.74) is 0. The zero-order valence-corrected chi connectivity index (χ0v) is 12.7. The number of aliphatic hydroxyl groups is 1. The second-order valence-corrected chi connectivity index (χ2v) is 5.39. The molecule has 0 aliphatic carbocycles. The Morgan fingerprint density at radius 2 is 1.75 bits per heavy atom. The van der Waals surface area contributed by atoms with Crippen LogP contribution in [0.1, 0.15) is 46.5 Å². The van der Waals surface area contributed by atoms with Crippen LogP contribution in [-0.2, 0) is 0 Å². The summed E-state index contributed by atoms with van der Waals surface area (Å²) < 4.78 is 0. The highest BCUT2D eigenvalue weighted by atomic mass is 79.9. The molecule has 0 aromatic heterocycles. The highest BCUT2D eigenvalue weighted by Gasteiger charge is 2.15. The molecule has 0 radical (unpaired) electrons. The maximum Gasteiger partial charge on any atom is 0.0558 e. The standard InChI is InChI=1S/C13H28BrNO/c1-4-13(5-2)15(10-11-16)9-7-12(3)6-8-14/h12-13,16H,4-11H2,1-3H3. The number of hydrogen-bond donors (Lipinski definition) is 1. The van der Waals surface area contributed by atoms with E-state index in [9.17, 15) is 0 Å². The van der Waals surface area contributed by atoms with Crippen molar-refractivity contribution in [3.8, 4) is 0 Å². The number of alkyl halides is 1. The zero-order valence-electron chi connectivity index (χ0n) is 11.1. The Balaban J connectivity index is 4.01. The summed E-state index contributed by atoms with van der Waals surface area (Å²) in [5.74, 6) is 0.773. The molecule has 0 bridgehead atoms. The van der Waals surface area contributed by atoms with E-state index in [4.69, 9.17) is 5.11 Å². The van der Waals surface area contributed by atoms with Crippen molar-refractivity contribution in [2.45, 2.75) is 52.5 Å². The van der Waals surface area contributed by atoms with Crippen molar-refractivity contribution in [2.75, 3.05) is 25.0 Å². The molecule has 0 saturated heterocycles. The Bertz CT molecular complexity index is 151. The molecule has 2 nitrogen and oxygen atoms in total. The predicted octanol–water partition coefficient (Wildman–Crippen LogP) is 3.28. The average Bonchev–Trinajstić information content (AvgIpc) is 2.28. The Hall–Kier alpha value is 0.400. The Labute approximate surface area is 110 Å². The van der Waals surface area contributed by atoms with Crippen molar-refractivity contribution < 1.29 is 5.11 Å². The van der Waals surface area contributed by atoms with Gasteiger partial charge in [-0.3, -0.25) is 4.90 Å². The molecule has 0 fully saturated rings. The van der Waals surface area contributed by atoms with Gasteiger partial charge in [0.05, 0.1) is 6.61 Å². The first-order valence-corrected chi connectivity index (χ1v) is 7.72. The number of nitrogens with zero attached hydrogens (tertiary/aromatic N) is 1. The van der Waals surface area contributed by atoms with Gasteiger partial charge < -0.3 is 5.11 Å². The third-order valence-corrected chi connectivity index (χ3v) is 3.81. The van der Waals surface area contributed by atoms with Crippen molar-refractivity contribution in [1.82, 2.24) is 4.90 Å². The van der Waals surface area contributed by atoms with E-state index in [1.54, 1.807) is 0 Å². The van der Waals surface area contributed by atoms with Crippen molar-refractivity contribution >= 4 is 15.9 Å². The highest BCUT2D eigenvalue weighted by Crippen LogP contribution is 2.14. The minimum Gasteiger partial charge on any atom is -0.395 e. The number of aliphatic hydroxyl groups excluding tert-OH is 1. The SMILES string of the molecule is CCC(CC)N(CCO)CCC(C)CCBr. The summed E-state index contributed by atoms with van der Waals surface area (Å²) >= 11 is 3.49. The van der Waals surface area contributed by atoms with Crippen LogP contribution in [0.25, 0.3) is 0 Å². The fourth-order valence-electron chi connectivity index (χ4n) is 2.13. The topological polar surface area (TPSA) is 23.5 Å². The van der Waals surface area contributed by atoms with Gasteiger partial charge in [-0.2, -0.15) is 0 Å². The molecule has 16 heavy (non-hydrogen) atoms. The summed E-state index contributed by atoms with van der Waals surface area (Å²) in [6.07, 6.45) is 4.85. The van der Waals surface area contributed by atoms with E-state index in [1.165, 1.54) is 25.7 Å². The van der Waals surface area contributed by atoms with Crippen LogP contribution < -0.4 is 0 Å². The van der Waals surface area contributed by atoms with Crippen LogP contribution in [0.4, 0.5) is 0 Å². The molecular formula is C13H28BrNO. The monoisotopic (exact) mass is 293 g/mol. The van der Waals surface area contributed by atoms with Gasteiger partial charge in [0, 0.05) is 17.9 Å². The molecule has 3 heteroatoms. The minimum atomic E-state index is 0.281. The van der Waals surface area contributed by atoms with Gasteiger partial charge in [-0.15, -0.1) is 0 Å². The van der Waals surface area contributed by atoms with E-state index in [-0.39, 0.29) is 6.61 Å². The van der Waals surface area contributed by atoms with E-state index in [1.807, 2.05) is 0 Å². The molecule has 0 aromatic carbocycles. The molecule has 0 aliphatic rings. The smallest absolute Gasteiger partial charge is 0.0558 e. The van der Waals surface area contributed by atoms with Crippen LogP contribution in [-0.4, -0.2) is 41.1 Å². The van der Waals surface area contributed by atoms with Crippen LogP contribution in [0, 0.1) is 5.92 Å². The summed E-state index contributed by atoms with van der Waals surface area (Å²) in [6, 6.07) is 0.642. The molecule has 1 unspecified atom stereocenters. The van der Waals surface area contributed by atoms with Gasteiger partial charge in [-0.1, -0.05) is 36.7 Å². The molecule has 0 aliphatic heterocycles. The first-order chi connectivity index (χ1) is 7.69. The second-order valence-electron chi connectivity index (χ2n) is 4.60. The Morgan fingerprint density at radius 3 is 2.19 bits per heavy atom. The van der Waals surface area contributed by atoms with E-state index in [0.29, 0.717) is 6.04 Å². The van der Waals surface area contributed by atoms with Crippen molar-refractivity contribution in [1.29, 1.82) is 0 Å². The molecule has 0 heterocycles. The number of rotatable bonds is 10. The van der Waals surface area contributed by atoms with Crippen LogP contribution in [0.5, 0.6) is 0 Å². The maximum absolute atomic E-state index is 9.10. The lowest BCUT2D eigenvalue weighted by Gasteiger charge is -2.30. The maximum atomic E-state index is 9.10. The fraction of sp³-hybridized carbons (Fsp3) is 1.00. The van der Waals surface area contributed by atoms with Gasteiger partial charge >= 0.3 is 0 Å². The first-order valence-electron chi connectivity index (χ1n) is 6.60. The van der Waals surface area contributed by atoms with Gasteiger partial charge in [0.1, 0.15) is 0 Å². The quantitative estimate of drug-likeness (QED) is 0.625. The van der Waals surface area contributed by atoms with Crippen molar-refractivity contribution in [2.24, 2.45) is 5.92 Å². The lowest BCUT2D eigenvalue weighted by molar-refractivity contribution is 0.136. The van der Waals surface area contributed by atoms with Crippen molar-refractivity contribution in [3.63, 3.8) is 0 Å². The minimum absolute atomic E-state index is 0.281. The van der Waals surface area contributed by atoms with Crippen LogP contribution in [0.2, 0.25) is 0 Å². The average molecular weight is 294 g/mol. The van der Waals surface area contributed by atoms with Gasteiger partial charge in [-0.05, 0) is 38.1 Å². The van der Waals surface area contributed by atoms with Crippen LogP contribution >= 0.6 is 15.9 Å². The lowest BCUT2D eigenvalue weighted by atomic mass is 10.0. The van der Waals surface area contributed by atoms with Crippen molar-refractivity contribution in [3.05, 3.63) is 0 Å². The normalized spacial score (nSPS) is 13.7. The van der Waals surface area contributed by atoms with E-state index in [0.717, 1.165) is 24.3 Å². The first kappa shape index (κ1) is 16.4. The van der Waals surface area contributed by atoms with E-state index >= 15 is 0 Å². The van der Waals surface area contributed by atoms with Gasteiger partial charge in [0.2, 0.25) is 0 Å². The van der Waals surface area contributed by atoms with Gasteiger partial charge in [0.25, 0.3) is 0 Å². The molecule has 1 atom stereocenters. The highest BCUT2D eigenvalue weighted by molar-refractivity contribution is 9.09. The summed E-state index contributed by atoms with van der Waals surface area (Å²) in [5, 5.41) is 10.2. The molecule has 98 valence electrons. The fourth-order valence-corrected chi connectivity index (χ4v) is 2.91. The molecular weight excluding hydrogens is 266 g/mol. The van der Waals surface area contributed by atoms with Crippen LogP contribution in [0.15, 0.2) is 0 Å². The lowest BCUT2D eigenvalue weighted by Crippen LogP contribution is -2.38. The zero-order chi connectivity index (χ0) is 12.4. The molecule has 1 N–H and O–H groups in total. The summed E-state index contributed by atoms with van der Waals surface area (Å²) in [4.78, 5) is 2.45. The molecule has 0 amide bonds. The molecule has 0 aromatic rings. The van der Waals surface area contributed by atoms with E-state index in [2.05, 4.69) is 41.6 Å². The number of halogens is 1. The third-order valence-electron chi connectivity index (χ3n) is 3.36.